The van der Waals surface area contributed by atoms with Crippen molar-refractivity contribution in [2.75, 3.05) is 6.54 Å². The highest BCUT2D eigenvalue weighted by atomic mass is 16.5. The van der Waals surface area contributed by atoms with Crippen LogP contribution in [0.15, 0.2) is 48.5 Å². The number of rotatable bonds is 7. The number of nitrogens with one attached hydrogen (secondary N) is 1. The minimum Gasteiger partial charge on any atom is -0.457 e. The van der Waals surface area contributed by atoms with Gasteiger partial charge < -0.3 is 10.1 Å². The zero-order valence-electron chi connectivity index (χ0n) is 13.2. The summed E-state index contributed by atoms with van der Waals surface area (Å²) in [7, 11) is 0. The van der Waals surface area contributed by atoms with Gasteiger partial charge in [0.1, 0.15) is 11.5 Å². The maximum atomic E-state index is 6.07. The molecule has 0 aromatic heterocycles. The average molecular weight is 283 g/mol. The molecular formula is C19H25NO. The van der Waals surface area contributed by atoms with Crippen LogP contribution >= 0.6 is 0 Å². The van der Waals surface area contributed by atoms with Gasteiger partial charge in [0.25, 0.3) is 0 Å². The maximum Gasteiger partial charge on any atom is 0.132 e. The summed E-state index contributed by atoms with van der Waals surface area (Å²) in [5.41, 5.74) is 2.55. The standard InChI is InChI=1S/C19H25NO/c1-4-8-16-11-13-17(14-12-16)21-19-10-7-6-9-18(19)15(3)20-5-2/h6-7,9-15,20H,4-5,8H2,1-3H3. The van der Waals surface area contributed by atoms with Crippen molar-refractivity contribution in [2.45, 2.75) is 39.7 Å². The fourth-order valence-electron chi connectivity index (χ4n) is 2.49. The molecule has 0 aliphatic rings. The predicted molar refractivity (Wildman–Crippen MR) is 89.0 cm³/mol. The first-order valence-corrected chi connectivity index (χ1v) is 7.83. The number of aryl methyl sites for hydroxylation is 1. The fourth-order valence-corrected chi connectivity index (χ4v) is 2.49. The zero-order valence-corrected chi connectivity index (χ0v) is 13.2. The third kappa shape index (κ3) is 4.33. The Morgan fingerprint density at radius 3 is 2.38 bits per heavy atom. The third-order valence-electron chi connectivity index (χ3n) is 3.59. The highest BCUT2D eigenvalue weighted by Crippen LogP contribution is 2.29. The maximum absolute atomic E-state index is 6.07. The van der Waals surface area contributed by atoms with E-state index in [-0.39, 0.29) is 6.04 Å². The predicted octanol–water partition coefficient (Wildman–Crippen LogP) is 5.10. The van der Waals surface area contributed by atoms with Gasteiger partial charge in [-0.3, -0.25) is 0 Å². The van der Waals surface area contributed by atoms with Crippen LogP contribution in [-0.4, -0.2) is 6.54 Å². The van der Waals surface area contributed by atoms with Gasteiger partial charge in [-0.05, 0) is 43.7 Å². The molecule has 21 heavy (non-hydrogen) atoms. The molecular weight excluding hydrogens is 258 g/mol. The lowest BCUT2D eigenvalue weighted by Gasteiger charge is -2.17. The van der Waals surface area contributed by atoms with Crippen molar-refractivity contribution in [1.82, 2.24) is 5.32 Å². The van der Waals surface area contributed by atoms with Gasteiger partial charge >= 0.3 is 0 Å². The molecule has 2 aromatic carbocycles. The summed E-state index contributed by atoms with van der Waals surface area (Å²) in [6.07, 6.45) is 2.29. The number of hydrogen-bond acceptors (Lipinski definition) is 2. The summed E-state index contributed by atoms with van der Waals surface area (Å²) < 4.78 is 6.07. The lowest BCUT2D eigenvalue weighted by atomic mass is 10.1. The van der Waals surface area contributed by atoms with E-state index in [2.05, 4.69) is 62.5 Å². The minimum absolute atomic E-state index is 0.283. The van der Waals surface area contributed by atoms with Crippen LogP contribution in [0.5, 0.6) is 11.5 Å². The van der Waals surface area contributed by atoms with E-state index in [1.807, 2.05) is 12.1 Å². The zero-order chi connectivity index (χ0) is 15.1. The molecule has 1 atom stereocenters. The number of hydrogen-bond donors (Lipinski definition) is 1. The van der Waals surface area contributed by atoms with Gasteiger partial charge in [0.05, 0.1) is 0 Å². The summed E-state index contributed by atoms with van der Waals surface area (Å²) in [4.78, 5) is 0. The summed E-state index contributed by atoms with van der Waals surface area (Å²) in [5, 5.41) is 3.43. The molecule has 0 saturated carbocycles. The van der Waals surface area contributed by atoms with Gasteiger partial charge in [0, 0.05) is 11.6 Å². The van der Waals surface area contributed by atoms with Crippen molar-refractivity contribution in [2.24, 2.45) is 0 Å². The monoisotopic (exact) mass is 283 g/mol. The normalized spacial score (nSPS) is 12.1. The van der Waals surface area contributed by atoms with Crippen LogP contribution in [0.1, 0.15) is 44.4 Å². The molecule has 0 radical (unpaired) electrons. The van der Waals surface area contributed by atoms with Gasteiger partial charge in [-0.1, -0.05) is 50.6 Å². The molecule has 2 rings (SSSR count). The van der Waals surface area contributed by atoms with E-state index in [0.29, 0.717) is 0 Å². The summed E-state index contributed by atoms with van der Waals surface area (Å²) in [5.74, 6) is 1.82. The lowest BCUT2D eigenvalue weighted by molar-refractivity contribution is 0.463. The average Bonchev–Trinajstić information content (AvgIpc) is 2.50. The molecule has 0 aliphatic carbocycles. The van der Waals surface area contributed by atoms with Crippen molar-refractivity contribution in [3.8, 4) is 11.5 Å². The van der Waals surface area contributed by atoms with E-state index in [1.165, 1.54) is 17.5 Å². The second-order valence-electron chi connectivity index (χ2n) is 5.31. The molecule has 1 N–H and O–H groups in total. The van der Waals surface area contributed by atoms with E-state index in [0.717, 1.165) is 24.5 Å². The number of ether oxygens (including phenoxy) is 1. The van der Waals surface area contributed by atoms with Gasteiger partial charge in [0.15, 0.2) is 0 Å². The highest BCUT2D eigenvalue weighted by molar-refractivity contribution is 5.40. The summed E-state index contributed by atoms with van der Waals surface area (Å²) in [6.45, 7) is 7.42. The molecule has 2 heteroatoms. The minimum atomic E-state index is 0.283. The van der Waals surface area contributed by atoms with Crippen LogP contribution in [-0.2, 0) is 6.42 Å². The Morgan fingerprint density at radius 2 is 1.71 bits per heavy atom. The second-order valence-corrected chi connectivity index (χ2v) is 5.31. The van der Waals surface area contributed by atoms with Crippen LogP contribution in [0.2, 0.25) is 0 Å². The smallest absolute Gasteiger partial charge is 0.132 e. The molecule has 112 valence electrons. The molecule has 0 spiro atoms. The first-order chi connectivity index (χ1) is 10.2. The van der Waals surface area contributed by atoms with Gasteiger partial charge in [0.2, 0.25) is 0 Å². The first-order valence-electron chi connectivity index (χ1n) is 7.83. The molecule has 0 fully saturated rings. The van der Waals surface area contributed by atoms with E-state index in [1.54, 1.807) is 0 Å². The Labute approximate surface area is 128 Å². The van der Waals surface area contributed by atoms with Crippen LogP contribution < -0.4 is 10.1 Å². The van der Waals surface area contributed by atoms with Crippen LogP contribution in [0, 0.1) is 0 Å². The van der Waals surface area contributed by atoms with E-state index >= 15 is 0 Å². The van der Waals surface area contributed by atoms with Crippen molar-refractivity contribution in [1.29, 1.82) is 0 Å². The largest absolute Gasteiger partial charge is 0.457 e. The molecule has 0 saturated heterocycles. The lowest BCUT2D eigenvalue weighted by Crippen LogP contribution is -2.18. The molecule has 2 nitrogen and oxygen atoms in total. The van der Waals surface area contributed by atoms with Gasteiger partial charge in [-0.15, -0.1) is 0 Å². The topological polar surface area (TPSA) is 21.3 Å². The van der Waals surface area contributed by atoms with Crippen molar-refractivity contribution in [3.63, 3.8) is 0 Å². The van der Waals surface area contributed by atoms with Crippen LogP contribution in [0.4, 0.5) is 0 Å². The summed E-state index contributed by atoms with van der Waals surface area (Å²) in [6, 6.07) is 16.9. The van der Waals surface area contributed by atoms with Crippen LogP contribution in [0.3, 0.4) is 0 Å². The molecule has 0 amide bonds. The number of benzene rings is 2. The second kappa shape index (κ2) is 7.84. The highest BCUT2D eigenvalue weighted by Gasteiger charge is 2.10. The van der Waals surface area contributed by atoms with Crippen molar-refractivity contribution >= 4 is 0 Å². The van der Waals surface area contributed by atoms with Crippen molar-refractivity contribution < 1.29 is 4.74 Å². The van der Waals surface area contributed by atoms with E-state index < -0.39 is 0 Å². The molecule has 2 aromatic rings. The quantitative estimate of drug-likeness (QED) is 0.763. The SMILES string of the molecule is CCCc1ccc(Oc2ccccc2C(C)NCC)cc1. The molecule has 1 unspecified atom stereocenters. The van der Waals surface area contributed by atoms with Crippen molar-refractivity contribution in [3.05, 3.63) is 59.7 Å². The Kier molecular flexibility index (Phi) is 5.82. The van der Waals surface area contributed by atoms with Crippen LogP contribution in [0.25, 0.3) is 0 Å². The third-order valence-corrected chi connectivity index (χ3v) is 3.59. The number of para-hydroxylation sites is 1. The Bertz CT molecular complexity index is 548. The van der Waals surface area contributed by atoms with E-state index in [9.17, 15) is 0 Å². The van der Waals surface area contributed by atoms with Gasteiger partial charge in [-0.25, -0.2) is 0 Å². The Hall–Kier alpha value is -1.80. The fraction of sp³-hybridized carbons (Fsp3) is 0.368. The summed E-state index contributed by atoms with van der Waals surface area (Å²) >= 11 is 0. The molecule has 0 bridgehead atoms. The molecule has 0 heterocycles. The molecule has 0 aliphatic heterocycles. The first kappa shape index (κ1) is 15.6. The van der Waals surface area contributed by atoms with E-state index in [4.69, 9.17) is 4.74 Å². The Balaban J connectivity index is 2.15. The van der Waals surface area contributed by atoms with Gasteiger partial charge in [-0.2, -0.15) is 0 Å². The Morgan fingerprint density at radius 1 is 1.00 bits per heavy atom.